The van der Waals surface area contributed by atoms with Crippen molar-refractivity contribution in [3.8, 4) is 0 Å². The number of anilines is 2. The van der Waals surface area contributed by atoms with Crippen molar-refractivity contribution in [2.75, 3.05) is 24.7 Å². The fraction of sp³-hybridized carbons (Fsp3) is 0.0909. The first-order valence-corrected chi connectivity index (χ1v) is 9.36. The van der Waals surface area contributed by atoms with Gasteiger partial charge in [-0.15, -0.1) is 0 Å². The Morgan fingerprint density at radius 3 is 2.00 bits per heavy atom. The Labute approximate surface area is 168 Å². The molecule has 3 aliphatic heterocycles. The minimum absolute atomic E-state index is 0.558. The maximum atomic E-state index is 4.79. The van der Waals surface area contributed by atoms with Crippen LogP contribution in [-0.4, -0.2) is 42.5 Å². The highest BCUT2D eigenvalue weighted by Crippen LogP contribution is 2.28. The molecule has 0 spiro atoms. The first-order valence-electron chi connectivity index (χ1n) is 9.36. The number of rotatable bonds is 4. The van der Waals surface area contributed by atoms with Crippen LogP contribution in [0.3, 0.4) is 0 Å². The number of para-hydroxylation sites is 2. The van der Waals surface area contributed by atoms with E-state index >= 15 is 0 Å². The van der Waals surface area contributed by atoms with E-state index < -0.39 is 0 Å². The van der Waals surface area contributed by atoms with Crippen LogP contribution in [0.2, 0.25) is 0 Å². The quantitative estimate of drug-likeness (QED) is 0.852. The summed E-state index contributed by atoms with van der Waals surface area (Å²) in [6.45, 7) is 0. The number of nitrogens with zero attached hydrogens (tertiary/aromatic N) is 5. The van der Waals surface area contributed by atoms with E-state index in [4.69, 9.17) is 20.0 Å². The van der Waals surface area contributed by atoms with Gasteiger partial charge in [-0.2, -0.15) is 9.98 Å². The minimum atomic E-state index is 0.558. The van der Waals surface area contributed by atoms with Crippen LogP contribution in [0.25, 0.3) is 0 Å². The highest BCUT2D eigenvalue weighted by Gasteiger charge is 2.31. The molecule has 7 heteroatoms. The van der Waals surface area contributed by atoms with E-state index in [1.54, 1.807) is 0 Å². The van der Waals surface area contributed by atoms with Crippen molar-refractivity contribution in [2.24, 2.45) is 20.0 Å². The zero-order valence-corrected chi connectivity index (χ0v) is 16.1. The number of nitrogens with one attached hydrogen (secondary N) is 2. The lowest BCUT2D eigenvalue weighted by atomic mass is 10.1. The van der Waals surface area contributed by atoms with Crippen molar-refractivity contribution >= 4 is 34.8 Å². The first kappa shape index (κ1) is 17.1. The summed E-state index contributed by atoms with van der Waals surface area (Å²) in [5.74, 6) is 3.30. The van der Waals surface area contributed by atoms with E-state index in [-0.39, 0.29) is 0 Å². The maximum Gasteiger partial charge on any atom is 0.241 e. The van der Waals surface area contributed by atoms with E-state index in [2.05, 4.69) is 10.6 Å². The number of aliphatic imine (C=N–C) groups is 4. The maximum absolute atomic E-state index is 4.79. The molecule has 0 aliphatic carbocycles. The summed E-state index contributed by atoms with van der Waals surface area (Å²) in [5, 5.41) is 6.41. The number of hydrogen-bond acceptors (Lipinski definition) is 7. The molecule has 2 aromatic carbocycles. The topological polar surface area (TPSA) is 76.7 Å². The predicted molar refractivity (Wildman–Crippen MR) is 119 cm³/mol. The van der Waals surface area contributed by atoms with Gasteiger partial charge in [0.05, 0.1) is 0 Å². The molecular formula is C22H19N7. The van der Waals surface area contributed by atoms with E-state index in [0.29, 0.717) is 17.6 Å². The first-order chi connectivity index (χ1) is 14.3. The van der Waals surface area contributed by atoms with Gasteiger partial charge in [0.25, 0.3) is 0 Å². The molecule has 0 unspecified atom stereocenters. The smallest absolute Gasteiger partial charge is 0.241 e. The fourth-order valence-corrected chi connectivity index (χ4v) is 3.48. The molecule has 0 saturated carbocycles. The van der Waals surface area contributed by atoms with Crippen molar-refractivity contribution < 1.29 is 0 Å². The number of benzene rings is 2. The lowest BCUT2D eigenvalue weighted by Crippen LogP contribution is -2.41. The zero-order valence-electron chi connectivity index (χ0n) is 16.1. The zero-order chi connectivity index (χ0) is 19.8. The van der Waals surface area contributed by atoms with Crippen LogP contribution in [0.1, 0.15) is 11.1 Å². The van der Waals surface area contributed by atoms with Gasteiger partial charge in [-0.25, -0.2) is 14.9 Å². The van der Waals surface area contributed by atoms with Crippen molar-refractivity contribution in [1.82, 2.24) is 4.90 Å². The summed E-state index contributed by atoms with van der Waals surface area (Å²) < 4.78 is 0. The Kier molecular flexibility index (Phi) is 4.05. The highest BCUT2D eigenvalue weighted by atomic mass is 15.4. The average molecular weight is 381 g/mol. The van der Waals surface area contributed by atoms with Gasteiger partial charge in [0.1, 0.15) is 11.7 Å². The number of guanidine groups is 1. The van der Waals surface area contributed by atoms with Gasteiger partial charge in [-0.05, 0) is 36.4 Å². The van der Waals surface area contributed by atoms with Crippen molar-refractivity contribution in [3.05, 3.63) is 83.7 Å². The average Bonchev–Trinajstić information content (AvgIpc) is 2.78. The van der Waals surface area contributed by atoms with Crippen molar-refractivity contribution in [1.29, 1.82) is 0 Å². The van der Waals surface area contributed by atoms with E-state index in [0.717, 1.165) is 34.2 Å². The van der Waals surface area contributed by atoms with Crippen LogP contribution in [-0.2, 0) is 0 Å². The summed E-state index contributed by atoms with van der Waals surface area (Å²) in [5.41, 5.74) is 3.78. The summed E-state index contributed by atoms with van der Waals surface area (Å²) in [6.07, 6.45) is 5.83. The third kappa shape index (κ3) is 2.84. The molecule has 0 radical (unpaired) electrons. The SMILES string of the molecule is CNc1ccccc1C1=NC2=CC=CC3=NC(c4ccccc4NC)=NC(=N1)N23. The molecule has 2 N–H and O–H groups in total. The van der Waals surface area contributed by atoms with E-state index in [1.807, 2.05) is 85.8 Å². The molecule has 0 aromatic heterocycles. The van der Waals surface area contributed by atoms with Gasteiger partial charge in [0.2, 0.25) is 5.96 Å². The minimum Gasteiger partial charge on any atom is -0.388 e. The molecule has 0 bridgehead atoms. The molecule has 142 valence electrons. The fourth-order valence-electron chi connectivity index (χ4n) is 3.48. The molecule has 3 heterocycles. The highest BCUT2D eigenvalue weighted by molar-refractivity contribution is 6.26. The lowest BCUT2D eigenvalue weighted by Gasteiger charge is -2.31. The van der Waals surface area contributed by atoms with Gasteiger partial charge in [-0.1, -0.05) is 30.3 Å². The Morgan fingerprint density at radius 1 is 0.724 bits per heavy atom. The third-order valence-corrected chi connectivity index (χ3v) is 4.88. The van der Waals surface area contributed by atoms with Gasteiger partial charge in [0, 0.05) is 36.6 Å². The van der Waals surface area contributed by atoms with E-state index in [9.17, 15) is 0 Å². The molecule has 0 fully saturated rings. The van der Waals surface area contributed by atoms with Crippen LogP contribution < -0.4 is 10.6 Å². The number of amidine groups is 3. The second-order valence-corrected chi connectivity index (χ2v) is 6.56. The van der Waals surface area contributed by atoms with Crippen molar-refractivity contribution in [2.45, 2.75) is 0 Å². The molecule has 7 nitrogen and oxygen atoms in total. The number of hydrogen-bond donors (Lipinski definition) is 2. The summed E-state index contributed by atoms with van der Waals surface area (Å²) >= 11 is 0. The number of allylic oxidation sites excluding steroid dienone is 2. The van der Waals surface area contributed by atoms with Gasteiger partial charge < -0.3 is 10.6 Å². The third-order valence-electron chi connectivity index (χ3n) is 4.88. The summed E-state index contributed by atoms with van der Waals surface area (Å²) in [4.78, 5) is 21.0. The van der Waals surface area contributed by atoms with E-state index in [1.165, 1.54) is 0 Å². The summed E-state index contributed by atoms with van der Waals surface area (Å²) in [6, 6.07) is 15.9. The lowest BCUT2D eigenvalue weighted by molar-refractivity contribution is 0.711. The normalized spacial score (nSPS) is 16.8. The molecule has 0 saturated heterocycles. The second-order valence-electron chi connectivity index (χ2n) is 6.56. The van der Waals surface area contributed by atoms with Crippen LogP contribution >= 0.6 is 0 Å². The largest absolute Gasteiger partial charge is 0.388 e. The van der Waals surface area contributed by atoms with Crippen LogP contribution in [0.4, 0.5) is 11.4 Å². The molecule has 0 amide bonds. The van der Waals surface area contributed by atoms with Crippen LogP contribution in [0.15, 0.2) is 92.5 Å². The Morgan fingerprint density at radius 2 is 1.34 bits per heavy atom. The van der Waals surface area contributed by atoms with Gasteiger partial charge in [-0.3, -0.25) is 0 Å². The Balaban J connectivity index is 1.67. The molecule has 2 aromatic rings. The second kappa shape index (κ2) is 6.87. The predicted octanol–water partition coefficient (Wildman–Crippen LogP) is 3.46. The summed E-state index contributed by atoms with van der Waals surface area (Å²) in [7, 11) is 3.78. The monoisotopic (exact) mass is 381 g/mol. The van der Waals surface area contributed by atoms with Crippen LogP contribution in [0, 0.1) is 0 Å². The molecule has 5 rings (SSSR count). The molecule has 0 atom stereocenters. The molecule has 3 aliphatic rings. The Hall–Kier alpha value is -4.00. The molecule has 29 heavy (non-hydrogen) atoms. The van der Waals surface area contributed by atoms with Crippen molar-refractivity contribution in [3.63, 3.8) is 0 Å². The standard InChI is InChI=1S/C22H19N7/c1-23-16-10-5-3-8-14(16)20-25-18-12-7-13-19-26-21(28-22(27-20)29(18)19)15-9-4-6-11-17(15)24-2/h3-13,23-24H,1-2H3. The van der Waals surface area contributed by atoms with Gasteiger partial charge >= 0.3 is 0 Å². The van der Waals surface area contributed by atoms with Gasteiger partial charge in [0.15, 0.2) is 11.7 Å². The van der Waals surface area contributed by atoms with Crippen LogP contribution in [0.5, 0.6) is 0 Å². The Bertz CT molecular complexity index is 1130. The molecular weight excluding hydrogens is 362 g/mol.